The second-order valence-electron chi connectivity index (χ2n) is 8.46. The summed E-state index contributed by atoms with van der Waals surface area (Å²) in [5.41, 5.74) is 2.75. The third-order valence-electron chi connectivity index (χ3n) is 5.53. The van der Waals surface area contributed by atoms with Crippen molar-refractivity contribution in [1.29, 1.82) is 0 Å². The van der Waals surface area contributed by atoms with Gasteiger partial charge in [0.2, 0.25) is 5.95 Å². The van der Waals surface area contributed by atoms with Crippen molar-refractivity contribution in [1.82, 2.24) is 14.9 Å². The van der Waals surface area contributed by atoms with Gasteiger partial charge < -0.3 is 25.0 Å². The Balaban J connectivity index is 1.53. The SMILES string of the molecule is CN1CCN(c2ccc(Nc3ncc(Cl)c(Nc4ccccc4P(C)(C)=O)n3)cc2Br)CC1. The predicted molar refractivity (Wildman–Crippen MR) is 143 cm³/mol. The first-order valence-electron chi connectivity index (χ1n) is 10.6. The highest BCUT2D eigenvalue weighted by atomic mass is 79.9. The van der Waals surface area contributed by atoms with Crippen molar-refractivity contribution in [2.75, 3.05) is 62.1 Å². The van der Waals surface area contributed by atoms with Gasteiger partial charge in [0, 0.05) is 41.6 Å². The summed E-state index contributed by atoms with van der Waals surface area (Å²) in [5, 5.41) is 7.60. The van der Waals surface area contributed by atoms with Gasteiger partial charge in [-0.25, -0.2) is 4.98 Å². The average molecular weight is 550 g/mol. The van der Waals surface area contributed by atoms with Crippen molar-refractivity contribution < 1.29 is 4.57 Å². The fraction of sp³-hybridized carbons (Fsp3) is 0.304. The number of rotatable bonds is 6. The third-order valence-corrected chi connectivity index (χ3v) is 7.99. The average Bonchev–Trinajstić information content (AvgIpc) is 2.77. The summed E-state index contributed by atoms with van der Waals surface area (Å²) in [5.74, 6) is 0.859. The second kappa shape index (κ2) is 10.0. The standard InChI is InChI=1S/C23H27BrClN6OP/c1-30-10-12-31(13-11-30)20-9-8-16(14-17(20)24)27-23-26-15-18(25)22(29-23)28-19-6-4-5-7-21(19)33(2,3)32/h4-9,14-15H,10-13H2,1-3H3,(H2,26,27,28,29). The molecule has 33 heavy (non-hydrogen) atoms. The van der Waals surface area contributed by atoms with Gasteiger partial charge in [0.05, 0.1) is 17.6 Å². The van der Waals surface area contributed by atoms with Crippen LogP contribution in [-0.4, -0.2) is 61.4 Å². The lowest BCUT2D eigenvalue weighted by molar-refractivity contribution is 0.312. The molecule has 0 aliphatic carbocycles. The Labute approximate surface area is 208 Å². The number of hydrogen-bond acceptors (Lipinski definition) is 7. The molecule has 0 spiro atoms. The number of halogens is 2. The Hall–Kier alpha value is -2.12. The lowest BCUT2D eigenvalue weighted by atomic mass is 10.2. The highest BCUT2D eigenvalue weighted by molar-refractivity contribution is 9.10. The summed E-state index contributed by atoms with van der Waals surface area (Å²) in [6, 6.07) is 13.6. The van der Waals surface area contributed by atoms with Crippen molar-refractivity contribution in [3.8, 4) is 0 Å². The monoisotopic (exact) mass is 548 g/mol. The van der Waals surface area contributed by atoms with E-state index in [1.807, 2.05) is 36.4 Å². The highest BCUT2D eigenvalue weighted by Crippen LogP contribution is 2.38. The van der Waals surface area contributed by atoms with Crippen LogP contribution in [0.15, 0.2) is 53.1 Å². The molecule has 1 aliphatic heterocycles. The summed E-state index contributed by atoms with van der Waals surface area (Å²) in [6.45, 7) is 7.59. The van der Waals surface area contributed by atoms with Crippen LogP contribution in [0.3, 0.4) is 0 Å². The zero-order valence-corrected chi connectivity index (χ0v) is 22.1. The summed E-state index contributed by atoms with van der Waals surface area (Å²) in [4.78, 5) is 13.6. The largest absolute Gasteiger partial charge is 0.368 e. The minimum absolute atomic E-state index is 0.379. The van der Waals surface area contributed by atoms with E-state index in [2.05, 4.69) is 59.4 Å². The minimum Gasteiger partial charge on any atom is -0.368 e. The first kappa shape index (κ1) is 24.0. The van der Waals surface area contributed by atoms with E-state index in [4.69, 9.17) is 11.6 Å². The van der Waals surface area contributed by atoms with Crippen LogP contribution in [0, 0.1) is 0 Å². The van der Waals surface area contributed by atoms with E-state index in [0.29, 0.717) is 16.8 Å². The number of piperazine rings is 1. The molecule has 0 saturated carbocycles. The van der Waals surface area contributed by atoms with E-state index < -0.39 is 7.14 Å². The number of aromatic nitrogens is 2. The van der Waals surface area contributed by atoms with E-state index in [1.54, 1.807) is 19.5 Å². The van der Waals surface area contributed by atoms with E-state index >= 15 is 0 Å². The van der Waals surface area contributed by atoms with Gasteiger partial charge in [0.1, 0.15) is 12.2 Å². The van der Waals surface area contributed by atoms with Crippen LogP contribution in [0.5, 0.6) is 0 Å². The summed E-state index contributed by atoms with van der Waals surface area (Å²) < 4.78 is 13.7. The minimum atomic E-state index is -2.48. The zero-order chi connectivity index (χ0) is 23.6. The summed E-state index contributed by atoms with van der Waals surface area (Å²) >= 11 is 10.1. The molecule has 1 fully saturated rings. The van der Waals surface area contributed by atoms with Crippen LogP contribution in [0.1, 0.15) is 0 Å². The second-order valence-corrected chi connectivity index (χ2v) is 12.9. The third kappa shape index (κ3) is 5.87. The van der Waals surface area contributed by atoms with E-state index in [1.165, 1.54) is 5.69 Å². The molecule has 0 amide bonds. The zero-order valence-electron chi connectivity index (χ0n) is 18.8. The van der Waals surface area contributed by atoms with Crippen LogP contribution in [0.25, 0.3) is 0 Å². The lowest BCUT2D eigenvalue weighted by Crippen LogP contribution is -2.44. The normalized spacial score (nSPS) is 14.9. The molecular weight excluding hydrogens is 523 g/mol. The van der Waals surface area contributed by atoms with Crippen molar-refractivity contribution in [3.63, 3.8) is 0 Å². The maximum absolute atomic E-state index is 12.7. The van der Waals surface area contributed by atoms with Crippen LogP contribution in [-0.2, 0) is 4.57 Å². The first-order valence-corrected chi connectivity index (χ1v) is 14.4. The molecule has 0 atom stereocenters. The molecule has 3 aromatic rings. The molecule has 2 N–H and O–H groups in total. The number of likely N-dealkylation sites (N-methyl/N-ethyl adjacent to an activating group) is 1. The van der Waals surface area contributed by atoms with Gasteiger partial charge in [-0.15, -0.1) is 0 Å². The van der Waals surface area contributed by atoms with Crippen molar-refractivity contribution >= 4 is 68.8 Å². The van der Waals surface area contributed by atoms with Gasteiger partial charge in [-0.3, -0.25) is 0 Å². The van der Waals surface area contributed by atoms with Crippen LogP contribution in [0.4, 0.5) is 28.8 Å². The van der Waals surface area contributed by atoms with Gasteiger partial charge in [-0.1, -0.05) is 23.7 Å². The van der Waals surface area contributed by atoms with E-state index in [0.717, 1.165) is 47.3 Å². The molecular formula is C23H27BrClN6OP. The van der Waals surface area contributed by atoms with Gasteiger partial charge in [0.15, 0.2) is 5.82 Å². The highest BCUT2D eigenvalue weighted by Gasteiger charge is 2.18. The number of para-hydroxylation sites is 1. The van der Waals surface area contributed by atoms with Crippen LogP contribution in [0.2, 0.25) is 5.02 Å². The van der Waals surface area contributed by atoms with Crippen molar-refractivity contribution in [2.45, 2.75) is 0 Å². The molecule has 1 aliphatic rings. The summed E-state index contributed by atoms with van der Waals surface area (Å²) in [7, 11) is -0.327. The Morgan fingerprint density at radius 2 is 1.79 bits per heavy atom. The maximum Gasteiger partial charge on any atom is 0.229 e. The van der Waals surface area contributed by atoms with Crippen molar-refractivity contribution in [2.24, 2.45) is 0 Å². The van der Waals surface area contributed by atoms with Gasteiger partial charge in [-0.05, 0) is 66.6 Å². The topological polar surface area (TPSA) is 73.4 Å². The number of hydrogen-bond donors (Lipinski definition) is 2. The molecule has 1 aromatic heterocycles. The van der Waals surface area contributed by atoms with Gasteiger partial charge in [-0.2, -0.15) is 4.98 Å². The number of benzene rings is 2. The number of nitrogens with one attached hydrogen (secondary N) is 2. The Bertz CT molecular complexity index is 1200. The predicted octanol–water partition coefficient (Wildman–Crippen LogP) is 5.38. The fourth-order valence-electron chi connectivity index (χ4n) is 3.71. The molecule has 2 heterocycles. The summed E-state index contributed by atoms with van der Waals surface area (Å²) in [6.07, 6.45) is 1.55. The Kier molecular flexibility index (Phi) is 7.29. The van der Waals surface area contributed by atoms with Crippen LogP contribution < -0.4 is 20.8 Å². The van der Waals surface area contributed by atoms with E-state index in [9.17, 15) is 4.57 Å². The molecule has 0 unspecified atom stereocenters. The maximum atomic E-state index is 12.7. The first-order chi connectivity index (χ1) is 15.7. The molecule has 0 bridgehead atoms. The lowest BCUT2D eigenvalue weighted by Gasteiger charge is -2.34. The smallest absolute Gasteiger partial charge is 0.229 e. The Morgan fingerprint density at radius 1 is 1.06 bits per heavy atom. The molecule has 1 saturated heterocycles. The number of nitrogens with zero attached hydrogens (tertiary/aromatic N) is 4. The molecule has 7 nitrogen and oxygen atoms in total. The fourth-order valence-corrected chi connectivity index (χ4v) is 5.63. The molecule has 4 rings (SSSR count). The molecule has 174 valence electrons. The quantitative estimate of drug-likeness (QED) is 0.400. The Morgan fingerprint density at radius 3 is 2.48 bits per heavy atom. The van der Waals surface area contributed by atoms with Crippen molar-refractivity contribution in [3.05, 3.63) is 58.2 Å². The van der Waals surface area contributed by atoms with Gasteiger partial charge >= 0.3 is 0 Å². The van der Waals surface area contributed by atoms with Gasteiger partial charge in [0.25, 0.3) is 0 Å². The molecule has 10 heteroatoms. The van der Waals surface area contributed by atoms with E-state index in [-0.39, 0.29) is 0 Å². The molecule has 0 radical (unpaired) electrons. The van der Waals surface area contributed by atoms with Crippen LogP contribution >= 0.6 is 34.7 Å². The number of anilines is 5. The molecule has 2 aromatic carbocycles.